The SMILES string of the molecule is Cc1ccc(I)cc1NC1=NC(C(C)C)CS1. The van der Waals surface area contributed by atoms with Crippen LogP contribution in [0.1, 0.15) is 19.4 Å². The molecule has 0 amide bonds. The molecule has 4 heteroatoms. The number of anilines is 1. The molecule has 0 fully saturated rings. The maximum atomic E-state index is 4.72. The third-order valence-corrected chi connectivity index (χ3v) is 4.54. The number of hydrogen-bond acceptors (Lipinski definition) is 3. The molecule has 1 aromatic rings. The minimum atomic E-state index is 0.464. The Hall–Kier alpha value is -0.230. The van der Waals surface area contributed by atoms with Gasteiger partial charge in [0.1, 0.15) is 0 Å². The smallest absolute Gasteiger partial charge is 0.161 e. The Balaban J connectivity index is 2.11. The highest BCUT2D eigenvalue weighted by Crippen LogP contribution is 2.26. The van der Waals surface area contributed by atoms with Crippen LogP contribution in [0.5, 0.6) is 0 Å². The molecule has 92 valence electrons. The van der Waals surface area contributed by atoms with Crippen LogP contribution < -0.4 is 5.32 Å². The monoisotopic (exact) mass is 360 g/mol. The first-order valence-electron chi connectivity index (χ1n) is 5.80. The fourth-order valence-corrected chi connectivity index (χ4v) is 3.31. The summed E-state index contributed by atoms with van der Waals surface area (Å²) in [5.74, 6) is 1.72. The maximum absolute atomic E-state index is 4.72. The van der Waals surface area contributed by atoms with Gasteiger partial charge in [-0.05, 0) is 53.1 Å². The first-order valence-corrected chi connectivity index (χ1v) is 7.86. The van der Waals surface area contributed by atoms with Gasteiger partial charge in [-0.1, -0.05) is 31.7 Å². The van der Waals surface area contributed by atoms with E-state index < -0.39 is 0 Å². The second kappa shape index (κ2) is 5.61. The van der Waals surface area contributed by atoms with Crippen LogP contribution in [-0.4, -0.2) is 17.0 Å². The third-order valence-electron chi connectivity index (χ3n) is 2.88. The van der Waals surface area contributed by atoms with Crippen molar-refractivity contribution in [2.24, 2.45) is 10.9 Å². The fourth-order valence-electron chi connectivity index (χ4n) is 1.64. The molecule has 0 saturated heterocycles. The lowest BCUT2D eigenvalue weighted by atomic mass is 10.1. The van der Waals surface area contributed by atoms with Crippen molar-refractivity contribution in [1.82, 2.24) is 0 Å². The zero-order valence-corrected chi connectivity index (χ0v) is 13.3. The predicted octanol–water partition coefficient (Wildman–Crippen LogP) is 4.14. The molecule has 0 aromatic heterocycles. The molecule has 0 radical (unpaired) electrons. The minimum absolute atomic E-state index is 0.464. The molecule has 1 atom stereocenters. The van der Waals surface area contributed by atoms with Gasteiger partial charge in [-0.3, -0.25) is 4.99 Å². The highest BCUT2D eigenvalue weighted by atomic mass is 127. The molecule has 1 N–H and O–H groups in total. The third kappa shape index (κ3) is 3.37. The van der Waals surface area contributed by atoms with Crippen LogP contribution >= 0.6 is 34.4 Å². The lowest BCUT2D eigenvalue weighted by Crippen LogP contribution is -2.12. The molecule has 2 rings (SSSR count). The Labute approximate surface area is 121 Å². The standard InChI is InChI=1S/C13H17IN2S/c1-8(2)12-7-17-13(16-12)15-11-6-10(14)5-4-9(11)3/h4-6,8,12H,7H2,1-3H3,(H,15,16). The van der Waals surface area contributed by atoms with Crippen LogP contribution in [0, 0.1) is 16.4 Å². The molecule has 0 aliphatic carbocycles. The van der Waals surface area contributed by atoms with E-state index >= 15 is 0 Å². The lowest BCUT2D eigenvalue weighted by molar-refractivity contribution is 0.543. The van der Waals surface area contributed by atoms with Crippen LogP contribution in [0.15, 0.2) is 23.2 Å². The number of aryl methyl sites for hydroxylation is 1. The number of nitrogens with one attached hydrogen (secondary N) is 1. The Kier molecular flexibility index (Phi) is 4.36. The number of thioether (sulfide) groups is 1. The van der Waals surface area contributed by atoms with Gasteiger partial charge >= 0.3 is 0 Å². The molecule has 17 heavy (non-hydrogen) atoms. The Morgan fingerprint density at radius 3 is 2.88 bits per heavy atom. The Bertz CT molecular complexity index is 443. The number of halogens is 1. The zero-order valence-electron chi connectivity index (χ0n) is 10.3. The van der Waals surface area contributed by atoms with E-state index in [1.807, 2.05) is 11.8 Å². The van der Waals surface area contributed by atoms with Crippen LogP contribution in [0.2, 0.25) is 0 Å². The van der Waals surface area contributed by atoms with Gasteiger partial charge in [0.05, 0.1) is 6.04 Å². The first-order chi connectivity index (χ1) is 8.06. The number of amidine groups is 1. The summed E-state index contributed by atoms with van der Waals surface area (Å²) in [6, 6.07) is 6.90. The van der Waals surface area contributed by atoms with E-state index in [1.165, 1.54) is 14.8 Å². The van der Waals surface area contributed by atoms with Crippen molar-refractivity contribution in [3.05, 3.63) is 27.3 Å². The summed E-state index contributed by atoms with van der Waals surface area (Å²) in [6.45, 7) is 6.58. The van der Waals surface area contributed by atoms with E-state index in [0.29, 0.717) is 12.0 Å². The summed E-state index contributed by atoms with van der Waals surface area (Å²) in [5, 5.41) is 4.51. The lowest BCUT2D eigenvalue weighted by Gasteiger charge is -2.09. The fraction of sp³-hybridized carbons (Fsp3) is 0.462. The van der Waals surface area contributed by atoms with Crippen molar-refractivity contribution in [3.63, 3.8) is 0 Å². The summed E-state index contributed by atoms with van der Waals surface area (Å²) in [6.07, 6.45) is 0. The normalized spacial score (nSPS) is 19.6. The molecular weight excluding hydrogens is 343 g/mol. The molecule has 1 aromatic carbocycles. The number of hydrogen-bond donors (Lipinski definition) is 1. The molecule has 1 heterocycles. The Morgan fingerprint density at radius 1 is 1.47 bits per heavy atom. The summed E-state index contributed by atoms with van der Waals surface area (Å²) in [5.41, 5.74) is 2.44. The van der Waals surface area contributed by atoms with Crippen LogP contribution in [0.3, 0.4) is 0 Å². The van der Waals surface area contributed by atoms with Crippen molar-refractivity contribution in [2.45, 2.75) is 26.8 Å². The molecular formula is C13H17IN2S. The topological polar surface area (TPSA) is 24.4 Å². The summed E-state index contributed by atoms with van der Waals surface area (Å²) in [4.78, 5) is 4.72. The zero-order chi connectivity index (χ0) is 12.4. The molecule has 1 aliphatic heterocycles. The van der Waals surface area contributed by atoms with Gasteiger partial charge in [0, 0.05) is 15.0 Å². The van der Waals surface area contributed by atoms with Gasteiger partial charge in [-0.2, -0.15) is 0 Å². The van der Waals surface area contributed by atoms with E-state index in [9.17, 15) is 0 Å². The van der Waals surface area contributed by atoms with Gasteiger partial charge in [-0.25, -0.2) is 0 Å². The van der Waals surface area contributed by atoms with Crippen molar-refractivity contribution < 1.29 is 0 Å². The molecule has 2 nitrogen and oxygen atoms in total. The van der Waals surface area contributed by atoms with Crippen molar-refractivity contribution in [2.75, 3.05) is 11.1 Å². The highest BCUT2D eigenvalue weighted by Gasteiger charge is 2.21. The largest absolute Gasteiger partial charge is 0.335 e. The minimum Gasteiger partial charge on any atom is -0.335 e. The summed E-state index contributed by atoms with van der Waals surface area (Å²) < 4.78 is 1.25. The number of benzene rings is 1. The van der Waals surface area contributed by atoms with Gasteiger partial charge in [0.2, 0.25) is 0 Å². The number of nitrogens with zero attached hydrogens (tertiary/aromatic N) is 1. The predicted molar refractivity (Wildman–Crippen MR) is 86.0 cm³/mol. The van der Waals surface area contributed by atoms with E-state index in [4.69, 9.17) is 4.99 Å². The van der Waals surface area contributed by atoms with Gasteiger partial charge in [-0.15, -0.1) is 0 Å². The van der Waals surface area contributed by atoms with Crippen LogP contribution in [0.4, 0.5) is 5.69 Å². The Morgan fingerprint density at radius 2 is 2.24 bits per heavy atom. The van der Waals surface area contributed by atoms with E-state index in [0.717, 1.165) is 10.9 Å². The van der Waals surface area contributed by atoms with Gasteiger partial charge in [0.15, 0.2) is 5.17 Å². The van der Waals surface area contributed by atoms with E-state index in [2.05, 4.69) is 66.9 Å². The summed E-state index contributed by atoms with van der Waals surface area (Å²) in [7, 11) is 0. The molecule has 0 bridgehead atoms. The van der Waals surface area contributed by atoms with E-state index in [1.54, 1.807) is 0 Å². The number of rotatable bonds is 2. The number of aliphatic imine (C=N–C) groups is 1. The van der Waals surface area contributed by atoms with Gasteiger partial charge in [0.25, 0.3) is 0 Å². The summed E-state index contributed by atoms with van der Waals surface area (Å²) >= 11 is 4.16. The van der Waals surface area contributed by atoms with Crippen molar-refractivity contribution >= 4 is 45.2 Å². The molecule has 0 spiro atoms. The maximum Gasteiger partial charge on any atom is 0.161 e. The highest BCUT2D eigenvalue weighted by molar-refractivity contribution is 14.1. The van der Waals surface area contributed by atoms with E-state index in [-0.39, 0.29) is 0 Å². The second-order valence-corrected chi connectivity index (χ2v) is 6.90. The molecule has 0 saturated carbocycles. The first kappa shape index (κ1) is 13.2. The van der Waals surface area contributed by atoms with Crippen molar-refractivity contribution in [3.8, 4) is 0 Å². The van der Waals surface area contributed by atoms with Gasteiger partial charge < -0.3 is 5.32 Å². The van der Waals surface area contributed by atoms with Crippen LogP contribution in [-0.2, 0) is 0 Å². The second-order valence-electron chi connectivity index (χ2n) is 4.64. The van der Waals surface area contributed by atoms with Crippen molar-refractivity contribution in [1.29, 1.82) is 0 Å². The van der Waals surface area contributed by atoms with Crippen LogP contribution in [0.25, 0.3) is 0 Å². The average Bonchev–Trinajstić information content (AvgIpc) is 2.72. The molecule has 1 unspecified atom stereocenters. The molecule has 1 aliphatic rings. The average molecular weight is 360 g/mol. The quantitative estimate of drug-likeness (QED) is 0.802.